The van der Waals surface area contributed by atoms with Crippen molar-refractivity contribution in [2.45, 2.75) is 58.9 Å². The minimum Gasteiger partial charge on any atom is -0.357 e. The highest BCUT2D eigenvalue weighted by atomic mass is 16.2. The molecule has 0 bridgehead atoms. The van der Waals surface area contributed by atoms with E-state index in [1.807, 2.05) is 17.0 Å². The number of hydrogen-bond acceptors (Lipinski definition) is 3. The number of benzene rings is 1. The van der Waals surface area contributed by atoms with Gasteiger partial charge in [0, 0.05) is 38.3 Å². The van der Waals surface area contributed by atoms with E-state index < -0.39 is 0 Å². The number of aliphatic imine (C=N–C) groups is 1. The lowest BCUT2D eigenvalue weighted by Crippen LogP contribution is -2.38. The van der Waals surface area contributed by atoms with Crippen LogP contribution in [0.5, 0.6) is 0 Å². The predicted molar refractivity (Wildman–Crippen MR) is 125 cm³/mol. The topological polar surface area (TPSA) is 60.0 Å². The summed E-state index contributed by atoms with van der Waals surface area (Å²) in [4.78, 5) is 21.1. The lowest BCUT2D eigenvalue weighted by molar-refractivity contribution is -0.117. The number of nitrogens with one attached hydrogen (secondary N) is 2. The van der Waals surface area contributed by atoms with Crippen LogP contribution in [0.25, 0.3) is 0 Å². The summed E-state index contributed by atoms with van der Waals surface area (Å²) in [5.74, 6) is 1.96. The summed E-state index contributed by atoms with van der Waals surface area (Å²) >= 11 is 0. The molecule has 6 heteroatoms. The molecule has 0 spiro atoms. The van der Waals surface area contributed by atoms with Gasteiger partial charge in [-0.2, -0.15) is 0 Å². The Balaban J connectivity index is 1.39. The van der Waals surface area contributed by atoms with Crippen LogP contribution in [0.4, 0.5) is 5.69 Å². The van der Waals surface area contributed by atoms with Gasteiger partial charge in [0.2, 0.25) is 5.91 Å². The van der Waals surface area contributed by atoms with Crippen molar-refractivity contribution in [2.24, 2.45) is 10.9 Å². The van der Waals surface area contributed by atoms with Crippen molar-refractivity contribution in [3.05, 3.63) is 29.8 Å². The maximum absolute atomic E-state index is 11.9. The number of piperidine rings is 1. The summed E-state index contributed by atoms with van der Waals surface area (Å²) in [6.07, 6.45) is 6.76. The van der Waals surface area contributed by atoms with Crippen LogP contribution in [-0.2, 0) is 11.3 Å². The van der Waals surface area contributed by atoms with Gasteiger partial charge in [0.25, 0.3) is 0 Å². The Bertz CT molecular complexity index is 687. The predicted octanol–water partition coefficient (Wildman–Crippen LogP) is 3.38. The number of guanidine groups is 1. The molecule has 2 saturated heterocycles. The van der Waals surface area contributed by atoms with Gasteiger partial charge in [-0.3, -0.25) is 4.79 Å². The molecule has 0 radical (unpaired) electrons. The fourth-order valence-corrected chi connectivity index (χ4v) is 4.37. The normalized spacial score (nSPS) is 20.6. The minimum atomic E-state index is 0.231. The van der Waals surface area contributed by atoms with E-state index in [9.17, 15) is 4.79 Å². The van der Waals surface area contributed by atoms with E-state index in [0.717, 1.165) is 55.6 Å². The second-order valence-corrected chi connectivity index (χ2v) is 8.69. The smallest absolute Gasteiger partial charge is 0.227 e. The van der Waals surface area contributed by atoms with E-state index in [-0.39, 0.29) is 5.91 Å². The largest absolute Gasteiger partial charge is 0.357 e. The zero-order chi connectivity index (χ0) is 21.2. The number of carbonyl (C=O) groups is 1. The molecule has 2 N–H and O–H groups in total. The van der Waals surface area contributed by atoms with E-state index >= 15 is 0 Å². The zero-order valence-corrected chi connectivity index (χ0v) is 18.8. The molecular formula is C24H39N5O. The molecule has 1 atom stereocenters. The molecule has 3 rings (SSSR count). The van der Waals surface area contributed by atoms with Gasteiger partial charge < -0.3 is 20.4 Å². The van der Waals surface area contributed by atoms with Gasteiger partial charge in [-0.05, 0) is 75.7 Å². The van der Waals surface area contributed by atoms with Crippen molar-refractivity contribution in [3.8, 4) is 0 Å². The Hall–Kier alpha value is -2.08. The summed E-state index contributed by atoms with van der Waals surface area (Å²) in [5.41, 5.74) is 2.15. The van der Waals surface area contributed by atoms with Crippen molar-refractivity contribution in [3.63, 3.8) is 0 Å². The first kappa shape index (κ1) is 22.6. The molecule has 166 valence electrons. The molecule has 2 aliphatic heterocycles. The third kappa shape index (κ3) is 7.01. The highest BCUT2D eigenvalue weighted by Crippen LogP contribution is 2.21. The van der Waals surface area contributed by atoms with Crippen LogP contribution in [0.2, 0.25) is 0 Å². The number of likely N-dealkylation sites (tertiary alicyclic amines) is 1. The molecule has 30 heavy (non-hydrogen) atoms. The van der Waals surface area contributed by atoms with E-state index in [1.165, 1.54) is 38.9 Å². The molecular weight excluding hydrogens is 374 g/mol. The molecule has 2 aliphatic rings. The van der Waals surface area contributed by atoms with E-state index in [1.54, 1.807) is 0 Å². The first-order chi connectivity index (χ1) is 14.7. The van der Waals surface area contributed by atoms with Crippen molar-refractivity contribution in [1.29, 1.82) is 0 Å². The van der Waals surface area contributed by atoms with Crippen molar-refractivity contribution >= 4 is 17.6 Å². The maximum Gasteiger partial charge on any atom is 0.227 e. The van der Waals surface area contributed by atoms with Crippen LogP contribution in [-0.4, -0.2) is 56.0 Å². The fraction of sp³-hybridized carbons (Fsp3) is 0.667. The highest BCUT2D eigenvalue weighted by molar-refractivity contribution is 5.95. The lowest BCUT2D eigenvalue weighted by atomic mass is 10.0. The Morgan fingerprint density at radius 1 is 1.13 bits per heavy atom. The number of amides is 1. The van der Waals surface area contributed by atoms with E-state index in [4.69, 9.17) is 4.99 Å². The van der Waals surface area contributed by atoms with Gasteiger partial charge >= 0.3 is 0 Å². The number of unbranched alkanes of at least 4 members (excludes halogenated alkanes) is 1. The quantitative estimate of drug-likeness (QED) is 0.370. The van der Waals surface area contributed by atoms with Crippen molar-refractivity contribution in [2.75, 3.05) is 44.2 Å². The first-order valence-electron chi connectivity index (χ1n) is 11.8. The first-order valence-corrected chi connectivity index (χ1v) is 11.8. The molecule has 2 heterocycles. The zero-order valence-electron chi connectivity index (χ0n) is 18.8. The molecule has 0 aromatic heterocycles. The summed E-state index contributed by atoms with van der Waals surface area (Å²) in [5, 5.41) is 6.80. The van der Waals surface area contributed by atoms with Crippen LogP contribution in [0, 0.1) is 5.92 Å². The Kier molecular flexibility index (Phi) is 9.00. The molecule has 1 aromatic carbocycles. The van der Waals surface area contributed by atoms with Crippen molar-refractivity contribution in [1.82, 2.24) is 15.5 Å². The highest BCUT2D eigenvalue weighted by Gasteiger charge is 2.21. The van der Waals surface area contributed by atoms with Gasteiger partial charge in [-0.1, -0.05) is 19.1 Å². The third-order valence-corrected chi connectivity index (χ3v) is 6.02. The summed E-state index contributed by atoms with van der Waals surface area (Å²) in [7, 11) is 0. The fourth-order valence-electron chi connectivity index (χ4n) is 4.37. The number of nitrogens with zero attached hydrogens (tertiary/aromatic N) is 3. The molecule has 0 saturated carbocycles. The standard InChI is InChI=1S/C24H39N5O/c1-3-25-24(26-14-4-5-15-28-16-6-8-20(2)19-28)27-18-21-10-12-22(13-11-21)29-17-7-9-23(29)30/h10-13,20H,3-9,14-19H2,1-2H3,(H2,25,26,27). The molecule has 6 nitrogen and oxygen atoms in total. The summed E-state index contributed by atoms with van der Waals surface area (Å²) in [6.45, 7) is 11.5. The van der Waals surface area contributed by atoms with Gasteiger partial charge in [-0.15, -0.1) is 0 Å². The summed E-state index contributed by atoms with van der Waals surface area (Å²) < 4.78 is 0. The van der Waals surface area contributed by atoms with Crippen LogP contribution in [0.3, 0.4) is 0 Å². The number of hydrogen-bond donors (Lipinski definition) is 2. The summed E-state index contributed by atoms with van der Waals surface area (Å²) in [6, 6.07) is 8.23. The number of carbonyl (C=O) groups excluding carboxylic acids is 1. The van der Waals surface area contributed by atoms with Gasteiger partial charge in [0.1, 0.15) is 0 Å². The second-order valence-electron chi connectivity index (χ2n) is 8.69. The Morgan fingerprint density at radius 3 is 2.67 bits per heavy atom. The van der Waals surface area contributed by atoms with E-state index in [0.29, 0.717) is 13.0 Å². The maximum atomic E-state index is 11.9. The minimum absolute atomic E-state index is 0.231. The van der Waals surface area contributed by atoms with Gasteiger partial charge in [-0.25, -0.2) is 4.99 Å². The average molecular weight is 414 g/mol. The van der Waals surface area contributed by atoms with Crippen LogP contribution in [0.15, 0.2) is 29.3 Å². The molecule has 1 amide bonds. The Morgan fingerprint density at radius 2 is 1.97 bits per heavy atom. The lowest BCUT2D eigenvalue weighted by Gasteiger charge is -2.30. The van der Waals surface area contributed by atoms with E-state index in [2.05, 4.69) is 41.5 Å². The number of anilines is 1. The SMILES string of the molecule is CCNC(=NCc1ccc(N2CCCC2=O)cc1)NCCCCN1CCCC(C)C1. The Labute approximate surface area is 182 Å². The second kappa shape index (κ2) is 11.9. The monoisotopic (exact) mass is 413 g/mol. The third-order valence-electron chi connectivity index (χ3n) is 6.02. The molecule has 1 unspecified atom stereocenters. The molecule has 0 aliphatic carbocycles. The van der Waals surface area contributed by atoms with Crippen molar-refractivity contribution < 1.29 is 4.79 Å². The molecule has 1 aromatic rings. The van der Waals surface area contributed by atoms with Gasteiger partial charge in [0.05, 0.1) is 6.54 Å². The van der Waals surface area contributed by atoms with Crippen LogP contribution < -0.4 is 15.5 Å². The van der Waals surface area contributed by atoms with Gasteiger partial charge in [0.15, 0.2) is 5.96 Å². The van der Waals surface area contributed by atoms with Crippen LogP contribution in [0.1, 0.15) is 57.9 Å². The molecule has 2 fully saturated rings. The van der Waals surface area contributed by atoms with Crippen LogP contribution >= 0.6 is 0 Å². The number of rotatable bonds is 9. The average Bonchev–Trinajstić information content (AvgIpc) is 3.18.